The number of hydrogen-bond donors (Lipinski definition) is 3. The standard InChI is InChI=1S/C18H25N3O/c1-11(2)15-9-14(12(3)8-17(15)22)6-7-19-18-10-16(20-21-18)13-4-5-13/h8-11,13,22H,4-7H2,1-3H3,(H2,19,20,21). The van der Waals surface area contributed by atoms with Crippen LogP contribution in [-0.2, 0) is 6.42 Å². The number of rotatable bonds is 6. The summed E-state index contributed by atoms with van der Waals surface area (Å²) in [6, 6.07) is 6.14. The van der Waals surface area contributed by atoms with Crippen molar-refractivity contribution in [3.05, 3.63) is 40.6 Å². The SMILES string of the molecule is Cc1cc(O)c(C(C)C)cc1CCNc1cc(C2CC2)[nH]n1. The Morgan fingerprint density at radius 2 is 2.09 bits per heavy atom. The first-order valence-electron chi connectivity index (χ1n) is 8.16. The first kappa shape index (κ1) is 14.9. The summed E-state index contributed by atoms with van der Waals surface area (Å²) in [5.74, 6) is 2.38. The van der Waals surface area contributed by atoms with Crippen molar-refractivity contribution >= 4 is 5.82 Å². The number of nitrogens with zero attached hydrogens (tertiary/aromatic N) is 1. The highest BCUT2D eigenvalue weighted by Crippen LogP contribution is 2.39. The van der Waals surface area contributed by atoms with E-state index in [4.69, 9.17) is 0 Å². The largest absolute Gasteiger partial charge is 0.508 e. The number of phenolic OH excluding ortho intramolecular Hbond substituents is 1. The number of phenols is 1. The molecule has 22 heavy (non-hydrogen) atoms. The zero-order chi connectivity index (χ0) is 15.7. The number of anilines is 1. The van der Waals surface area contributed by atoms with Crippen molar-refractivity contribution in [2.24, 2.45) is 0 Å². The topological polar surface area (TPSA) is 60.9 Å². The Hall–Kier alpha value is -1.97. The minimum absolute atomic E-state index is 0.333. The number of H-pyrrole nitrogens is 1. The molecule has 0 unspecified atom stereocenters. The third kappa shape index (κ3) is 3.26. The lowest BCUT2D eigenvalue weighted by Crippen LogP contribution is -2.07. The molecule has 1 fully saturated rings. The fourth-order valence-corrected chi connectivity index (χ4v) is 2.84. The van der Waals surface area contributed by atoms with Crippen LogP contribution in [0.1, 0.15) is 60.9 Å². The van der Waals surface area contributed by atoms with Gasteiger partial charge < -0.3 is 10.4 Å². The van der Waals surface area contributed by atoms with Gasteiger partial charge in [0.15, 0.2) is 0 Å². The van der Waals surface area contributed by atoms with E-state index in [-0.39, 0.29) is 0 Å². The fraction of sp³-hybridized carbons (Fsp3) is 0.500. The molecule has 0 spiro atoms. The lowest BCUT2D eigenvalue weighted by molar-refractivity contribution is 0.464. The lowest BCUT2D eigenvalue weighted by Gasteiger charge is -2.14. The average Bonchev–Trinajstić information content (AvgIpc) is 3.21. The molecule has 0 atom stereocenters. The molecule has 1 aromatic heterocycles. The molecule has 4 nitrogen and oxygen atoms in total. The van der Waals surface area contributed by atoms with Crippen LogP contribution in [0.5, 0.6) is 5.75 Å². The molecule has 0 saturated heterocycles. The van der Waals surface area contributed by atoms with Gasteiger partial charge in [-0.05, 0) is 54.9 Å². The summed E-state index contributed by atoms with van der Waals surface area (Å²) in [6.45, 7) is 7.11. The van der Waals surface area contributed by atoms with Crippen LogP contribution < -0.4 is 5.32 Å². The summed E-state index contributed by atoms with van der Waals surface area (Å²) < 4.78 is 0. The van der Waals surface area contributed by atoms with Gasteiger partial charge in [-0.25, -0.2) is 0 Å². The van der Waals surface area contributed by atoms with E-state index in [1.807, 2.05) is 6.07 Å². The van der Waals surface area contributed by atoms with E-state index in [0.717, 1.165) is 29.9 Å². The van der Waals surface area contributed by atoms with Crippen LogP contribution >= 0.6 is 0 Å². The second-order valence-electron chi connectivity index (χ2n) is 6.65. The zero-order valence-corrected chi connectivity index (χ0v) is 13.6. The number of aromatic amines is 1. The van der Waals surface area contributed by atoms with E-state index in [1.54, 1.807) is 0 Å². The molecule has 4 heteroatoms. The minimum atomic E-state index is 0.333. The monoisotopic (exact) mass is 299 g/mol. The molecule has 1 aromatic carbocycles. The predicted molar refractivity (Wildman–Crippen MR) is 89.7 cm³/mol. The Balaban J connectivity index is 1.61. The van der Waals surface area contributed by atoms with Crippen LogP contribution in [0.2, 0.25) is 0 Å². The van der Waals surface area contributed by atoms with E-state index in [2.05, 4.69) is 48.4 Å². The van der Waals surface area contributed by atoms with Crippen molar-refractivity contribution in [1.82, 2.24) is 10.2 Å². The number of hydrogen-bond acceptors (Lipinski definition) is 3. The molecule has 0 bridgehead atoms. The number of aromatic hydroxyl groups is 1. The molecular weight excluding hydrogens is 274 g/mol. The Morgan fingerprint density at radius 1 is 1.32 bits per heavy atom. The molecule has 1 aliphatic rings. The molecule has 0 amide bonds. The van der Waals surface area contributed by atoms with E-state index in [9.17, 15) is 5.11 Å². The van der Waals surface area contributed by atoms with Crippen molar-refractivity contribution in [3.63, 3.8) is 0 Å². The Morgan fingerprint density at radius 3 is 2.77 bits per heavy atom. The summed E-state index contributed by atoms with van der Waals surface area (Å²) in [5, 5.41) is 20.8. The third-order valence-electron chi connectivity index (χ3n) is 4.42. The maximum atomic E-state index is 10.0. The van der Waals surface area contributed by atoms with Gasteiger partial charge in [-0.1, -0.05) is 19.9 Å². The molecule has 3 N–H and O–H groups in total. The minimum Gasteiger partial charge on any atom is -0.508 e. The first-order valence-corrected chi connectivity index (χ1v) is 8.16. The predicted octanol–water partition coefficient (Wildman–Crippen LogP) is 4.08. The molecule has 2 aromatic rings. The first-order chi connectivity index (χ1) is 10.5. The molecule has 1 aliphatic carbocycles. The fourth-order valence-electron chi connectivity index (χ4n) is 2.84. The maximum Gasteiger partial charge on any atom is 0.148 e. The summed E-state index contributed by atoms with van der Waals surface area (Å²) in [4.78, 5) is 0. The molecule has 1 saturated carbocycles. The number of nitrogens with one attached hydrogen (secondary N) is 2. The third-order valence-corrected chi connectivity index (χ3v) is 4.42. The highest BCUT2D eigenvalue weighted by molar-refractivity contribution is 5.44. The van der Waals surface area contributed by atoms with E-state index >= 15 is 0 Å². The highest BCUT2D eigenvalue weighted by atomic mass is 16.3. The average molecular weight is 299 g/mol. The van der Waals surface area contributed by atoms with Crippen molar-refractivity contribution in [3.8, 4) is 5.75 Å². The number of aromatic nitrogens is 2. The van der Waals surface area contributed by atoms with Crippen molar-refractivity contribution in [2.45, 2.75) is 51.9 Å². The van der Waals surface area contributed by atoms with Gasteiger partial charge in [-0.2, -0.15) is 5.10 Å². The molecule has 0 radical (unpaired) electrons. The van der Waals surface area contributed by atoms with Crippen LogP contribution in [0.3, 0.4) is 0 Å². The van der Waals surface area contributed by atoms with Gasteiger partial charge >= 0.3 is 0 Å². The maximum absolute atomic E-state index is 10.0. The number of aryl methyl sites for hydroxylation is 1. The summed E-state index contributed by atoms with van der Waals surface area (Å²) >= 11 is 0. The summed E-state index contributed by atoms with van der Waals surface area (Å²) in [6.07, 6.45) is 3.50. The molecular formula is C18H25N3O. The number of benzene rings is 1. The van der Waals surface area contributed by atoms with Crippen molar-refractivity contribution in [1.29, 1.82) is 0 Å². The van der Waals surface area contributed by atoms with Crippen molar-refractivity contribution < 1.29 is 5.11 Å². The van der Waals surface area contributed by atoms with Crippen LogP contribution in [0.15, 0.2) is 18.2 Å². The van der Waals surface area contributed by atoms with Crippen LogP contribution in [-0.4, -0.2) is 21.8 Å². The smallest absolute Gasteiger partial charge is 0.148 e. The lowest BCUT2D eigenvalue weighted by atomic mass is 9.95. The zero-order valence-electron chi connectivity index (χ0n) is 13.6. The van der Waals surface area contributed by atoms with E-state index < -0.39 is 0 Å². The second-order valence-corrected chi connectivity index (χ2v) is 6.65. The van der Waals surface area contributed by atoms with Gasteiger partial charge in [0.2, 0.25) is 0 Å². The van der Waals surface area contributed by atoms with Gasteiger partial charge in [-0.3, -0.25) is 5.10 Å². The van der Waals surface area contributed by atoms with Crippen molar-refractivity contribution in [2.75, 3.05) is 11.9 Å². The van der Waals surface area contributed by atoms with Gasteiger partial charge in [0.25, 0.3) is 0 Å². The highest BCUT2D eigenvalue weighted by Gasteiger charge is 2.25. The van der Waals surface area contributed by atoms with Crippen LogP contribution in [0.25, 0.3) is 0 Å². The molecule has 0 aliphatic heterocycles. The normalized spacial score (nSPS) is 14.5. The van der Waals surface area contributed by atoms with Crippen LogP contribution in [0.4, 0.5) is 5.82 Å². The van der Waals surface area contributed by atoms with E-state index in [0.29, 0.717) is 17.6 Å². The summed E-state index contributed by atoms with van der Waals surface area (Å²) in [5.41, 5.74) is 4.71. The molecule has 3 rings (SSSR count). The van der Waals surface area contributed by atoms with Gasteiger partial charge in [0.05, 0.1) is 0 Å². The van der Waals surface area contributed by atoms with Gasteiger partial charge in [0, 0.05) is 24.2 Å². The molecule has 118 valence electrons. The Bertz CT molecular complexity index is 656. The Labute approximate surface area is 132 Å². The van der Waals surface area contributed by atoms with Gasteiger partial charge in [0.1, 0.15) is 11.6 Å². The Kier molecular flexibility index (Phi) is 4.10. The molecule has 1 heterocycles. The van der Waals surface area contributed by atoms with Crippen LogP contribution in [0, 0.1) is 6.92 Å². The van der Waals surface area contributed by atoms with E-state index in [1.165, 1.54) is 24.1 Å². The van der Waals surface area contributed by atoms with Gasteiger partial charge in [-0.15, -0.1) is 0 Å². The quantitative estimate of drug-likeness (QED) is 0.753. The summed E-state index contributed by atoms with van der Waals surface area (Å²) in [7, 11) is 0. The second kappa shape index (κ2) is 6.03.